The zero-order chi connectivity index (χ0) is 24.9. The van der Waals surface area contributed by atoms with E-state index in [4.69, 9.17) is 5.26 Å². The molecule has 0 unspecified atom stereocenters. The number of nitriles is 1. The lowest BCUT2D eigenvalue weighted by molar-refractivity contribution is -0.130. The van der Waals surface area contributed by atoms with Gasteiger partial charge in [0.2, 0.25) is 11.8 Å². The zero-order valence-electron chi connectivity index (χ0n) is 20.4. The van der Waals surface area contributed by atoms with Crippen LogP contribution in [0.3, 0.4) is 0 Å². The van der Waals surface area contributed by atoms with Gasteiger partial charge < -0.3 is 20.1 Å². The lowest BCUT2D eigenvalue weighted by Gasteiger charge is -2.33. The molecule has 0 radical (unpaired) electrons. The molecule has 0 bridgehead atoms. The van der Waals surface area contributed by atoms with Crippen LogP contribution in [0.4, 0.5) is 5.69 Å². The molecule has 2 atom stereocenters. The first-order valence-corrected chi connectivity index (χ1v) is 12.4. The Morgan fingerprint density at radius 3 is 2.51 bits per heavy atom. The molecule has 1 aromatic heterocycles. The second-order valence-corrected chi connectivity index (χ2v) is 9.57. The van der Waals surface area contributed by atoms with Crippen LogP contribution in [0.1, 0.15) is 55.7 Å². The van der Waals surface area contributed by atoms with Gasteiger partial charge in [0, 0.05) is 12.7 Å². The first-order chi connectivity index (χ1) is 16.9. The Hall–Kier alpha value is -3.44. The van der Waals surface area contributed by atoms with Crippen molar-refractivity contribution in [2.45, 2.75) is 64.1 Å². The molecule has 2 N–H and O–H groups in total. The van der Waals surface area contributed by atoms with E-state index in [1.165, 1.54) is 0 Å². The van der Waals surface area contributed by atoms with Gasteiger partial charge in [0.1, 0.15) is 11.7 Å². The van der Waals surface area contributed by atoms with E-state index in [9.17, 15) is 14.4 Å². The van der Waals surface area contributed by atoms with Gasteiger partial charge in [0.05, 0.1) is 24.2 Å². The summed E-state index contributed by atoms with van der Waals surface area (Å²) in [6, 6.07) is 10.1. The molecule has 8 nitrogen and oxygen atoms in total. The van der Waals surface area contributed by atoms with Crippen molar-refractivity contribution in [3.05, 3.63) is 63.6 Å². The topological polar surface area (TPSA) is 107 Å². The highest BCUT2D eigenvalue weighted by atomic mass is 16.2. The number of fused-ring (bicyclic) bond motifs is 1. The van der Waals surface area contributed by atoms with E-state index in [1.54, 1.807) is 41.8 Å². The van der Waals surface area contributed by atoms with E-state index in [0.29, 0.717) is 30.8 Å². The van der Waals surface area contributed by atoms with Gasteiger partial charge in [-0.3, -0.25) is 14.4 Å². The minimum Gasteiger partial charge on any atom is -0.343 e. The number of pyridine rings is 1. The van der Waals surface area contributed by atoms with Crippen LogP contribution >= 0.6 is 0 Å². The Labute approximate surface area is 205 Å². The van der Waals surface area contributed by atoms with Gasteiger partial charge in [-0.15, -0.1) is 0 Å². The summed E-state index contributed by atoms with van der Waals surface area (Å²) >= 11 is 0. The van der Waals surface area contributed by atoms with E-state index in [2.05, 4.69) is 16.7 Å². The van der Waals surface area contributed by atoms with Crippen molar-refractivity contribution in [1.29, 1.82) is 5.26 Å². The van der Waals surface area contributed by atoms with E-state index in [-0.39, 0.29) is 23.3 Å². The number of nitrogens with zero attached hydrogens (tertiary/aromatic N) is 3. The molecule has 0 saturated heterocycles. The number of rotatable bonds is 7. The summed E-state index contributed by atoms with van der Waals surface area (Å²) in [4.78, 5) is 41.7. The molecule has 1 saturated carbocycles. The van der Waals surface area contributed by atoms with Crippen LogP contribution in [0, 0.1) is 17.2 Å². The fourth-order valence-electron chi connectivity index (χ4n) is 5.09. The van der Waals surface area contributed by atoms with Crippen LogP contribution in [0.15, 0.2) is 41.3 Å². The number of likely N-dealkylation sites (N-methyl/N-ethyl adjacent to an activating group) is 1. The molecule has 8 heteroatoms. The molecular formula is C27H33N5O3. The second-order valence-electron chi connectivity index (χ2n) is 9.57. The van der Waals surface area contributed by atoms with Gasteiger partial charge in [-0.25, -0.2) is 0 Å². The molecule has 1 aromatic carbocycles. The summed E-state index contributed by atoms with van der Waals surface area (Å²) in [6.45, 7) is 2.55. The van der Waals surface area contributed by atoms with Gasteiger partial charge in [0.25, 0.3) is 5.56 Å². The fraction of sp³-hybridized carbons (Fsp3) is 0.481. The molecule has 2 aromatic rings. The highest BCUT2D eigenvalue weighted by Gasteiger charge is 2.38. The Morgan fingerprint density at radius 2 is 1.86 bits per heavy atom. The van der Waals surface area contributed by atoms with E-state index in [1.807, 2.05) is 18.2 Å². The summed E-state index contributed by atoms with van der Waals surface area (Å²) in [5, 5.41) is 15.0. The van der Waals surface area contributed by atoms with Crippen LogP contribution in [0.25, 0.3) is 0 Å². The Balaban J connectivity index is 1.61. The predicted octanol–water partition coefficient (Wildman–Crippen LogP) is 2.33. The lowest BCUT2D eigenvalue weighted by Crippen LogP contribution is -2.56. The third kappa shape index (κ3) is 5.30. The maximum Gasteiger partial charge on any atom is 0.275 e. The van der Waals surface area contributed by atoms with Crippen molar-refractivity contribution in [2.75, 3.05) is 18.5 Å². The molecule has 2 heterocycles. The first kappa shape index (κ1) is 24.7. The van der Waals surface area contributed by atoms with Crippen molar-refractivity contribution in [1.82, 2.24) is 15.2 Å². The molecule has 1 aliphatic carbocycles. The lowest BCUT2D eigenvalue weighted by atomic mass is 9.83. The summed E-state index contributed by atoms with van der Waals surface area (Å²) in [5.74, 6) is -0.333. The average molecular weight is 476 g/mol. The first-order valence-electron chi connectivity index (χ1n) is 12.4. The number of hydrogen-bond donors (Lipinski definition) is 2. The number of nitrogens with one attached hydrogen (secondary N) is 2. The Kier molecular flexibility index (Phi) is 7.67. The number of amides is 2. The average Bonchev–Trinajstić information content (AvgIpc) is 3.34. The number of benzene rings is 1. The van der Waals surface area contributed by atoms with Gasteiger partial charge in [-0.1, -0.05) is 31.4 Å². The number of aromatic nitrogens is 1. The minimum absolute atomic E-state index is 0.0675. The summed E-state index contributed by atoms with van der Waals surface area (Å²) < 4.78 is 1.60. The van der Waals surface area contributed by atoms with E-state index < -0.39 is 12.1 Å². The van der Waals surface area contributed by atoms with Gasteiger partial charge >= 0.3 is 0 Å². The fourth-order valence-corrected chi connectivity index (χ4v) is 5.09. The second kappa shape index (κ2) is 10.9. The van der Waals surface area contributed by atoms with Crippen molar-refractivity contribution >= 4 is 17.5 Å². The summed E-state index contributed by atoms with van der Waals surface area (Å²) in [7, 11) is 1.72. The van der Waals surface area contributed by atoms with Crippen molar-refractivity contribution in [3.8, 4) is 6.07 Å². The highest BCUT2D eigenvalue weighted by molar-refractivity contribution is 6.01. The number of carbonyl (C=O) groups excluding carboxylic acids is 2. The number of hydrogen-bond acceptors (Lipinski definition) is 5. The van der Waals surface area contributed by atoms with Gasteiger partial charge in [0.15, 0.2) is 0 Å². The smallest absolute Gasteiger partial charge is 0.275 e. The third-order valence-corrected chi connectivity index (χ3v) is 7.31. The molecule has 184 valence electrons. The van der Waals surface area contributed by atoms with Gasteiger partial charge in [-0.05, 0) is 68.5 Å². The quantitative estimate of drug-likeness (QED) is 0.639. The molecule has 35 heavy (non-hydrogen) atoms. The van der Waals surface area contributed by atoms with Crippen LogP contribution in [0.5, 0.6) is 0 Å². The molecule has 0 spiro atoms. The number of anilines is 1. The molecule has 1 aliphatic heterocycles. The molecule has 1 fully saturated rings. The minimum atomic E-state index is -0.642. The Morgan fingerprint density at radius 1 is 1.14 bits per heavy atom. The summed E-state index contributed by atoms with van der Waals surface area (Å²) in [5.41, 5.74) is 2.53. The maximum absolute atomic E-state index is 13.9. The standard InChI is InChI=1S/C27H33N5O3/c1-18(29-2)25(33)30-23(21-6-4-3-5-7-21)26(34)32-15-13-22-12-14-31(27(35)24(22)32)17-20-10-8-19(16-28)9-11-20/h8-12,14,18,21,23,29H,3-7,13,15,17H2,1-2H3,(H,30,33)/t18-,23-/m0/s1. The Bertz CT molecular complexity index is 1170. The summed E-state index contributed by atoms with van der Waals surface area (Å²) in [6.07, 6.45) is 7.39. The predicted molar refractivity (Wildman–Crippen MR) is 134 cm³/mol. The van der Waals surface area contributed by atoms with Crippen LogP contribution < -0.4 is 21.1 Å². The van der Waals surface area contributed by atoms with E-state index >= 15 is 0 Å². The molecular weight excluding hydrogens is 442 g/mol. The van der Waals surface area contributed by atoms with Crippen molar-refractivity contribution < 1.29 is 9.59 Å². The van der Waals surface area contributed by atoms with Crippen LogP contribution in [-0.4, -0.2) is 42.1 Å². The van der Waals surface area contributed by atoms with Gasteiger partial charge in [-0.2, -0.15) is 5.26 Å². The van der Waals surface area contributed by atoms with Crippen molar-refractivity contribution in [3.63, 3.8) is 0 Å². The van der Waals surface area contributed by atoms with Crippen LogP contribution in [0.2, 0.25) is 0 Å². The SMILES string of the molecule is CN[C@@H](C)C(=O)N[C@H](C(=O)N1CCc2ccn(Cc3ccc(C#N)cc3)c(=O)c21)C1CCCCC1. The third-order valence-electron chi connectivity index (χ3n) is 7.31. The number of carbonyl (C=O) groups is 2. The van der Waals surface area contributed by atoms with Crippen molar-refractivity contribution in [2.24, 2.45) is 5.92 Å². The molecule has 4 rings (SSSR count). The molecule has 2 amide bonds. The maximum atomic E-state index is 13.9. The van der Waals surface area contributed by atoms with Crippen LogP contribution in [-0.2, 0) is 22.6 Å². The largest absolute Gasteiger partial charge is 0.343 e. The zero-order valence-corrected chi connectivity index (χ0v) is 20.4. The highest BCUT2D eigenvalue weighted by Crippen LogP contribution is 2.31. The van der Waals surface area contributed by atoms with E-state index in [0.717, 1.165) is 43.2 Å². The monoisotopic (exact) mass is 475 g/mol. The normalized spacial score (nSPS) is 17.3. The molecule has 2 aliphatic rings.